The first-order chi connectivity index (χ1) is 13.2. The Morgan fingerprint density at radius 1 is 1.33 bits per heavy atom. The normalized spacial score (nSPS) is 22.6. The SMILES string of the molecule is O=C(N1CCCC(c2ccn[nH]2)C1)C1(Cc2cccc(F)c2)CCOCC1. The van der Waals surface area contributed by atoms with Crippen molar-refractivity contribution in [3.8, 4) is 0 Å². The molecule has 144 valence electrons. The molecule has 1 unspecified atom stereocenters. The number of halogens is 1. The van der Waals surface area contributed by atoms with Crippen LogP contribution in [0.2, 0.25) is 0 Å². The summed E-state index contributed by atoms with van der Waals surface area (Å²) >= 11 is 0. The second kappa shape index (κ2) is 7.80. The van der Waals surface area contributed by atoms with Crippen LogP contribution in [0.15, 0.2) is 36.5 Å². The fraction of sp³-hybridized carbons (Fsp3) is 0.524. The summed E-state index contributed by atoms with van der Waals surface area (Å²) in [4.78, 5) is 15.6. The quantitative estimate of drug-likeness (QED) is 0.897. The number of rotatable bonds is 4. The highest BCUT2D eigenvalue weighted by atomic mass is 19.1. The van der Waals surface area contributed by atoms with Crippen LogP contribution in [-0.4, -0.2) is 47.3 Å². The molecule has 1 amide bonds. The molecule has 1 aromatic carbocycles. The second-order valence-corrected chi connectivity index (χ2v) is 7.80. The van der Waals surface area contributed by atoms with Crippen LogP contribution in [0.5, 0.6) is 0 Å². The largest absolute Gasteiger partial charge is 0.381 e. The van der Waals surface area contributed by atoms with Crippen LogP contribution in [0.4, 0.5) is 4.39 Å². The number of aromatic nitrogens is 2. The number of ether oxygens (including phenoxy) is 1. The number of piperidine rings is 1. The van der Waals surface area contributed by atoms with E-state index in [9.17, 15) is 9.18 Å². The van der Waals surface area contributed by atoms with Gasteiger partial charge in [-0.2, -0.15) is 5.10 Å². The van der Waals surface area contributed by atoms with Crippen molar-refractivity contribution in [2.45, 2.75) is 38.0 Å². The molecule has 2 aliphatic rings. The number of nitrogens with one attached hydrogen (secondary N) is 1. The monoisotopic (exact) mass is 371 g/mol. The highest BCUT2D eigenvalue weighted by Crippen LogP contribution is 2.38. The number of hydrogen-bond acceptors (Lipinski definition) is 3. The molecule has 3 heterocycles. The predicted molar refractivity (Wildman–Crippen MR) is 99.7 cm³/mol. The smallest absolute Gasteiger partial charge is 0.229 e. The lowest BCUT2D eigenvalue weighted by Gasteiger charge is -2.42. The number of amides is 1. The minimum atomic E-state index is -0.498. The van der Waals surface area contributed by atoms with Gasteiger partial charge in [-0.05, 0) is 55.9 Å². The average Bonchev–Trinajstić information content (AvgIpc) is 3.23. The summed E-state index contributed by atoms with van der Waals surface area (Å²) < 4.78 is 19.2. The Morgan fingerprint density at radius 3 is 2.93 bits per heavy atom. The number of aromatic amines is 1. The van der Waals surface area contributed by atoms with E-state index in [0.717, 1.165) is 30.6 Å². The van der Waals surface area contributed by atoms with E-state index in [1.165, 1.54) is 6.07 Å². The van der Waals surface area contributed by atoms with Gasteiger partial charge in [0.15, 0.2) is 0 Å². The molecule has 0 saturated carbocycles. The Hall–Kier alpha value is -2.21. The summed E-state index contributed by atoms with van der Waals surface area (Å²) in [6.07, 6.45) is 5.76. The summed E-state index contributed by atoms with van der Waals surface area (Å²) in [5, 5.41) is 7.11. The minimum Gasteiger partial charge on any atom is -0.381 e. The lowest BCUT2D eigenvalue weighted by molar-refractivity contribution is -0.149. The first-order valence-electron chi connectivity index (χ1n) is 9.77. The molecular formula is C21H26FN3O2. The molecule has 4 rings (SSSR count). The molecule has 2 saturated heterocycles. The lowest BCUT2D eigenvalue weighted by Crippen LogP contribution is -2.51. The van der Waals surface area contributed by atoms with Crippen molar-refractivity contribution < 1.29 is 13.9 Å². The molecule has 0 aliphatic carbocycles. The van der Waals surface area contributed by atoms with Gasteiger partial charge in [-0.3, -0.25) is 9.89 Å². The van der Waals surface area contributed by atoms with Gasteiger partial charge >= 0.3 is 0 Å². The molecule has 1 atom stereocenters. The summed E-state index contributed by atoms with van der Waals surface area (Å²) in [7, 11) is 0. The zero-order valence-corrected chi connectivity index (χ0v) is 15.5. The summed E-state index contributed by atoms with van der Waals surface area (Å²) in [6.45, 7) is 2.67. The third-order valence-electron chi connectivity index (χ3n) is 6.01. The van der Waals surface area contributed by atoms with Gasteiger partial charge in [0.1, 0.15) is 5.82 Å². The standard InChI is InChI=1S/C21H26FN3O2/c22-18-5-1-3-16(13-18)14-21(7-11-27-12-8-21)20(26)25-10-2-4-17(15-25)19-6-9-23-24-19/h1,3,5-6,9,13,17H,2,4,7-8,10-12,14-15H2,(H,23,24). The summed E-state index contributed by atoms with van der Waals surface area (Å²) in [6, 6.07) is 8.62. The van der Waals surface area contributed by atoms with Gasteiger partial charge in [0.05, 0.1) is 5.41 Å². The second-order valence-electron chi connectivity index (χ2n) is 7.80. The van der Waals surface area contributed by atoms with Crippen LogP contribution in [0.1, 0.15) is 42.9 Å². The number of likely N-dealkylation sites (tertiary alicyclic amines) is 1. The summed E-state index contributed by atoms with van der Waals surface area (Å²) in [5.41, 5.74) is 1.48. The molecule has 0 bridgehead atoms. The van der Waals surface area contributed by atoms with Gasteiger partial charge in [-0.15, -0.1) is 0 Å². The summed E-state index contributed by atoms with van der Waals surface area (Å²) in [5.74, 6) is 0.245. The molecule has 0 spiro atoms. The molecular weight excluding hydrogens is 345 g/mol. The third kappa shape index (κ3) is 3.90. The minimum absolute atomic E-state index is 0.194. The van der Waals surface area contributed by atoms with E-state index in [2.05, 4.69) is 10.2 Å². The van der Waals surface area contributed by atoms with Gasteiger partial charge in [0.2, 0.25) is 5.91 Å². The van der Waals surface area contributed by atoms with Crippen LogP contribution >= 0.6 is 0 Å². The van der Waals surface area contributed by atoms with Gasteiger partial charge in [-0.25, -0.2) is 4.39 Å². The van der Waals surface area contributed by atoms with Crippen LogP contribution < -0.4 is 0 Å². The Bertz CT molecular complexity index is 771. The zero-order chi connectivity index (χ0) is 18.7. The maximum absolute atomic E-state index is 13.7. The first-order valence-corrected chi connectivity index (χ1v) is 9.77. The van der Waals surface area contributed by atoms with E-state index in [4.69, 9.17) is 4.74 Å². The Balaban J connectivity index is 1.55. The van der Waals surface area contributed by atoms with E-state index in [1.807, 2.05) is 17.0 Å². The van der Waals surface area contributed by atoms with Crippen molar-refractivity contribution in [2.75, 3.05) is 26.3 Å². The van der Waals surface area contributed by atoms with Gasteiger partial charge < -0.3 is 9.64 Å². The molecule has 2 aliphatic heterocycles. The zero-order valence-electron chi connectivity index (χ0n) is 15.5. The van der Waals surface area contributed by atoms with Crippen molar-refractivity contribution in [2.24, 2.45) is 5.41 Å². The molecule has 2 fully saturated rings. The van der Waals surface area contributed by atoms with Crippen molar-refractivity contribution in [1.82, 2.24) is 15.1 Å². The van der Waals surface area contributed by atoms with Gasteiger partial charge in [0, 0.05) is 44.1 Å². The van der Waals surface area contributed by atoms with Crippen molar-refractivity contribution >= 4 is 5.91 Å². The van der Waals surface area contributed by atoms with Crippen molar-refractivity contribution in [1.29, 1.82) is 0 Å². The maximum atomic E-state index is 13.7. The maximum Gasteiger partial charge on any atom is 0.229 e. The fourth-order valence-electron chi connectivity index (χ4n) is 4.51. The Labute approximate surface area is 158 Å². The molecule has 2 aromatic rings. The number of benzene rings is 1. The van der Waals surface area contributed by atoms with Crippen LogP contribution in [0.25, 0.3) is 0 Å². The van der Waals surface area contributed by atoms with Crippen molar-refractivity contribution in [3.63, 3.8) is 0 Å². The highest BCUT2D eigenvalue weighted by Gasteiger charge is 2.43. The van der Waals surface area contributed by atoms with E-state index in [1.54, 1.807) is 18.3 Å². The van der Waals surface area contributed by atoms with Crippen molar-refractivity contribution in [3.05, 3.63) is 53.6 Å². The molecule has 6 heteroatoms. The third-order valence-corrected chi connectivity index (χ3v) is 6.01. The number of carbonyl (C=O) groups is 1. The topological polar surface area (TPSA) is 58.2 Å². The van der Waals surface area contributed by atoms with Crippen LogP contribution in [0, 0.1) is 11.2 Å². The van der Waals surface area contributed by atoms with E-state index in [-0.39, 0.29) is 11.7 Å². The lowest BCUT2D eigenvalue weighted by atomic mass is 9.73. The average molecular weight is 371 g/mol. The van der Waals surface area contributed by atoms with E-state index < -0.39 is 5.41 Å². The number of H-pyrrole nitrogens is 1. The highest BCUT2D eigenvalue weighted by molar-refractivity contribution is 5.83. The van der Waals surface area contributed by atoms with E-state index >= 15 is 0 Å². The van der Waals surface area contributed by atoms with Gasteiger partial charge in [-0.1, -0.05) is 12.1 Å². The van der Waals surface area contributed by atoms with Crippen LogP contribution in [0.3, 0.4) is 0 Å². The number of hydrogen-bond donors (Lipinski definition) is 1. The predicted octanol–water partition coefficient (Wildman–Crippen LogP) is 3.29. The Kier molecular flexibility index (Phi) is 5.25. The molecule has 1 aromatic heterocycles. The first kappa shape index (κ1) is 18.2. The molecule has 27 heavy (non-hydrogen) atoms. The molecule has 0 radical (unpaired) electrons. The molecule has 1 N–H and O–H groups in total. The number of nitrogens with zero attached hydrogens (tertiary/aromatic N) is 2. The number of carbonyl (C=O) groups excluding carboxylic acids is 1. The van der Waals surface area contributed by atoms with E-state index in [0.29, 0.717) is 44.9 Å². The fourth-order valence-corrected chi connectivity index (χ4v) is 4.51. The van der Waals surface area contributed by atoms with Gasteiger partial charge in [0.25, 0.3) is 0 Å². The van der Waals surface area contributed by atoms with Crippen LogP contribution in [-0.2, 0) is 16.0 Å². The Morgan fingerprint density at radius 2 is 2.19 bits per heavy atom. The molecule has 5 nitrogen and oxygen atoms in total.